The van der Waals surface area contributed by atoms with Gasteiger partial charge in [0.05, 0.1) is 5.75 Å². The minimum absolute atomic E-state index is 0.0611. The molecule has 2 rings (SSSR count). The van der Waals surface area contributed by atoms with Crippen LogP contribution in [0.3, 0.4) is 0 Å². The summed E-state index contributed by atoms with van der Waals surface area (Å²) in [6.07, 6.45) is 0.972. The number of hydrogen-bond acceptors (Lipinski definition) is 5. The van der Waals surface area contributed by atoms with Gasteiger partial charge >= 0.3 is 0 Å². The van der Waals surface area contributed by atoms with Gasteiger partial charge in [0.25, 0.3) is 0 Å². The SMILES string of the molecule is CCc1ccc(C(=O)CSc2n[nH]c(N)n2)cc1. The fourth-order valence-electron chi connectivity index (χ4n) is 1.46. The highest BCUT2D eigenvalue weighted by atomic mass is 32.2. The predicted octanol–water partition coefficient (Wildman–Crippen LogP) is 1.92. The molecule has 6 heteroatoms. The zero-order valence-electron chi connectivity index (χ0n) is 10.0. The van der Waals surface area contributed by atoms with E-state index in [0.29, 0.717) is 16.5 Å². The first-order valence-corrected chi connectivity index (χ1v) is 6.60. The average molecular weight is 262 g/mol. The molecule has 0 unspecified atom stereocenters. The molecule has 0 aliphatic rings. The number of aromatic nitrogens is 3. The van der Waals surface area contributed by atoms with Crippen molar-refractivity contribution in [1.82, 2.24) is 15.2 Å². The van der Waals surface area contributed by atoms with Gasteiger partial charge in [0.2, 0.25) is 11.1 Å². The molecule has 0 atom stereocenters. The first kappa shape index (κ1) is 12.6. The number of rotatable bonds is 5. The average Bonchev–Trinajstić information content (AvgIpc) is 2.82. The molecule has 18 heavy (non-hydrogen) atoms. The van der Waals surface area contributed by atoms with Crippen LogP contribution >= 0.6 is 11.8 Å². The summed E-state index contributed by atoms with van der Waals surface area (Å²) in [6.45, 7) is 2.08. The Balaban J connectivity index is 1.94. The van der Waals surface area contributed by atoms with Crippen LogP contribution in [0.15, 0.2) is 29.4 Å². The molecule has 0 aliphatic carbocycles. The third kappa shape index (κ3) is 3.10. The summed E-state index contributed by atoms with van der Waals surface area (Å²) < 4.78 is 0. The monoisotopic (exact) mass is 262 g/mol. The highest BCUT2D eigenvalue weighted by molar-refractivity contribution is 7.99. The molecule has 1 heterocycles. The van der Waals surface area contributed by atoms with Gasteiger partial charge in [0.15, 0.2) is 5.78 Å². The number of thioether (sulfide) groups is 1. The van der Waals surface area contributed by atoms with Crippen molar-refractivity contribution in [2.45, 2.75) is 18.5 Å². The number of aryl methyl sites for hydroxylation is 1. The van der Waals surface area contributed by atoms with Crippen LogP contribution in [0, 0.1) is 0 Å². The van der Waals surface area contributed by atoms with Gasteiger partial charge in [0, 0.05) is 5.56 Å². The summed E-state index contributed by atoms with van der Waals surface area (Å²) in [6, 6.07) is 7.66. The molecule has 0 aliphatic heterocycles. The fourth-order valence-corrected chi connectivity index (χ4v) is 2.16. The Labute approximate surface area is 109 Å². The zero-order chi connectivity index (χ0) is 13.0. The lowest BCUT2D eigenvalue weighted by Crippen LogP contribution is -2.02. The Hall–Kier alpha value is -1.82. The van der Waals surface area contributed by atoms with E-state index < -0.39 is 0 Å². The number of Topliss-reactive ketones (excluding diaryl/α,β-unsaturated/α-hetero) is 1. The van der Waals surface area contributed by atoms with Crippen molar-refractivity contribution < 1.29 is 4.79 Å². The van der Waals surface area contributed by atoms with Gasteiger partial charge in [0.1, 0.15) is 0 Å². The topological polar surface area (TPSA) is 84.7 Å². The van der Waals surface area contributed by atoms with E-state index in [9.17, 15) is 4.79 Å². The molecule has 0 saturated carbocycles. The van der Waals surface area contributed by atoms with Crippen molar-refractivity contribution in [2.24, 2.45) is 0 Å². The number of nitrogens with zero attached hydrogens (tertiary/aromatic N) is 2. The smallest absolute Gasteiger partial charge is 0.216 e. The van der Waals surface area contributed by atoms with Crippen LogP contribution in [-0.4, -0.2) is 26.7 Å². The van der Waals surface area contributed by atoms with E-state index in [2.05, 4.69) is 22.1 Å². The standard InChI is InChI=1S/C12H14N4OS/c1-2-8-3-5-9(6-4-8)10(17)7-18-12-14-11(13)15-16-12/h3-6H,2,7H2,1H3,(H3,13,14,15,16). The van der Waals surface area contributed by atoms with Gasteiger partial charge in [-0.15, -0.1) is 5.10 Å². The molecule has 1 aromatic carbocycles. The van der Waals surface area contributed by atoms with Gasteiger partial charge in [-0.1, -0.05) is 43.0 Å². The molecule has 0 radical (unpaired) electrons. The molecular formula is C12H14N4OS. The maximum Gasteiger partial charge on any atom is 0.216 e. The van der Waals surface area contributed by atoms with Crippen LogP contribution in [0.2, 0.25) is 0 Å². The van der Waals surface area contributed by atoms with Crippen molar-refractivity contribution in [3.8, 4) is 0 Å². The molecule has 0 fully saturated rings. The second kappa shape index (κ2) is 5.68. The molecule has 0 bridgehead atoms. The molecule has 0 saturated heterocycles. The largest absolute Gasteiger partial charge is 0.368 e. The number of carbonyl (C=O) groups excluding carboxylic acids is 1. The zero-order valence-corrected chi connectivity index (χ0v) is 10.8. The van der Waals surface area contributed by atoms with Crippen molar-refractivity contribution >= 4 is 23.5 Å². The summed E-state index contributed by atoms with van der Waals surface area (Å²) in [7, 11) is 0. The lowest BCUT2D eigenvalue weighted by atomic mass is 10.1. The summed E-state index contributed by atoms with van der Waals surface area (Å²) in [4.78, 5) is 15.8. The molecule has 2 aromatic rings. The van der Waals surface area contributed by atoms with Crippen molar-refractivity contribution in [1.29, 1.82) is 0 Å². The number of benzene rings is 1. The Morgan fingerprint density at radius 1 is 1.39 bits per heavy atom. The molecule has 0 amide bonds. The van der Waals surface area contributed by atoms with Gasteiger partial charge in [-0.25, -0.2) is 5.10 Å². The summed E-state index contributed by atoms with van der Waals surface area (Å²) >= 11 is 1.27. The van der Waals surface area contributed by atoms with Crippen LogP contribution in [0.1, 0.15) is 22.8 Å². The normalized spacial score (nSPS) is 10.5. The molecule has 5 nitrogen and oxygen atoms in total. The van der Waals surface area contributed by atoms with E-state index in [1.807, 2.05) is 24.3 Å². The molecule has 1 aromatic heterocycles. The van der Waals surface area contributed by atoms with Crippen LogP contribution in [0.25, 0.3) is 0 Å². The minimum Gasteiger partial charge on any atom is -0.368 e. The van der Waals surface area contributed by atoms with E-state index in [1.54, 1.807) is 0 Å². The second-order valence-corrected chi connectivity index (χ2v) is 4.71. The van der Waals surface area contributed by atoms with E-state index >= 15 is 0 Å². The number of ketones is 1. The number of aromatic amines is 1. The highest BCUT2D eigenvalue weighted by Crippen LogP contribution is 2.15. The Kier molecular flexibility index (Phi) is 3.99. The highest BCUT2D eigenvalue weighted by Gasteiger charge is 2.08. The Bertz CT molecular complexity index is 535. The third-order valence-corrected chi connectivity index (χ3v) is 3.35. The molecular weight excluding hydrogens is 248 g/mol. The van der Waals surface area contributed by atoms with Gasteiger partial charge < -0.3 is 5.73 Å². The first-order valence-electron chi connectivity index (χ1n) is 5.62. The van der Waals surface area contributed by atoms with Crippen molar-refractivity contribution in [3.05, 3.63) is 35.4 Å². The van der Waals surface area contributed by atoms with E-state index in [0.717, 1.165) is 6.42 Å². The second-order valence-electron chi connectivity index (χ2n) is 3.77. The molecule has 94 valence electrons. The number of nitrogen functional groups attached to an aromatic ring is 1. The summed E-state index contributed by atoms with van der Waals surface area (Å²) in [5.41, 5.74) is 7.34. The van der Waals surface area contributed by atoms with Crippen LogP contribution < -0.4 is 5.73 Å². The minimum atomic E-state index is 0.0611. The molecule has 0 spiro atoms. The number of carbonyl (C=O) groups is 1. The number of nitrogens with one attached hydrogen (secondary N) is 1. The lowest BCUT2D eigenvalue weighted by Gasteiger charge is -2.00. The summed E-state index contributed by atoms with van der Waals surface area (Å²) in [5, 5.41) is 6.88. The van der Waals surface area contributed by atoms with Crippen LogP contribution in [0.4, 0.5) is 5.95 Å². The van der Waals surface area contributed by atoms with E-state index in [4.69, 9.17) is 5.73 Å². The Morgan fingerprint density at radius 2 is 2.11 bits per heavy atom. The number of nitrogens with two attached hydrogens (primary N) is 1. The van der Waals surface area contributed by atoms with Crippen LogP contribution in [-0.2, 0) is 6.42 Å². The third-order valence-electron chi connectivity index (χ3n) is 2.50. The van der Waals surface area contributed by atoms with Gasteiger partial charge in [-0.3, -0.25) is 4.79 Å². The Morgan fingerprint density at radius 3 is 2.67 bits per heavy atom. The quantitative estimate of drug-likeness (QED) is 0.635. The lowest BCUT2D eigenvalue weighted by molar-refractivity contribution is 0.102. The number of anilines is 1. The predicted molar refractivity (Wildman–Crippen MR) is 71.7 cm³/mol. The summed E-state index contributed by atoms with van der Waals surface area (Å²) in [5.74, 6) is 0.631. The van der Waals surface area contributed by atoms with Crippen LogP contribution in [0.5, 0.6) is 0 Å². The fraction of sp³-hybridized carbons (Fsp3) is 0.250. The van der Waals surface area contributed by atoms with E-state index in [-0.39, 0.29) is 11.7 Å². The van der Waals surface area contributed by atoms with Crippen molar-refractivity contribution in [3.63, 3.8) is 0 Å². The molecule has 3 N–H and O–H groups in total. The first-order chi connectivity index (χ1) is 8.69. The van der Waals surface area contributed by atoms with Crippen molar-refractivity contribution in [2.75, 3.05) is 11.5 Å². The van der Waals surface area contributed by atoms with Gasteiger partial charge in [-0.05, 0) is 12.0 Å². The number of H-pyrrole nitrogens is 1. The maximum absolute atomic E-state index is 11.9. The van der Waals surface area contributed by atoms with E-state index in [1.165, 1.54) is 17.3 Å². The van der Waals surface area contributed by atoms with Gasteiger partial charge in [-0.2, -0.15) is 4.98 Å². The number of hydrogen-bond donors (Lipinski definition) is 2. The maximum atomic E-state index is 11.9.